The van der Waals surface area contributed by atoms with E-state index in [2.05, 4.69) is 40.3 Å². The van der Waals surface area contributed by atoms with E-state index in [9.17, 15) is 5.11 Å². The lowest BCUT2D eigenvalue weighted by molar-refractivity contribution is 0.0737. The Balaban J connectivity index is 1.67. The van der Waals surface area contributed by atoms with Crippen molar-refractivity contribution >= 4 is 17.4 Å². The van der Waals surface area contributed by atoms with Gasteiger partial charge in [-0.25, -0.2) is 0 Å². The fraction of sp³-hybridized carbons (Fsp3) is 0.750. The SMILES string of the molecule is C[Si](CCCn1ccnn1)O[Si](C)(C)CCCn1cc(C(C)(C)O)nn1. The average Bonchev–Trinajstić information content (AvgIpc) is 3.17. The summed E-state index contributed by atoms with van der Waals surface area (Å²) in [5, 5.41) is 25.9. The van der Waals surface area contributed by atoms with E-state index in [4.69, 9.17) is 4.12 Å². The van der Waals surface area contributed by atoms with Crippen LogP contribution in [0, 0.1) is 0 Å². The van der Waals surface area contributed by atoms with Crippen LogP contribution in [0.3, 0.4) is 0 Å². The number of nitrogens with zero attached hydrogens (tertiary/aromatic N) is 6. The van der Waals surface area contributed by atoms with E-state index in [-0.39, 0.29) is 0 Å². The molecule has 2 heterocycles. The van der Waals surface area contributed by atoms with E-state index in [1.165, 1.54) is 0 Å². The third-order valence-corrected chi connectivity index (χ3v) is 10.4. The lowest BCUT2D eigenvalue weighted by atomic mass is 10.1. The second kappa shape index (κ2) is 9.02. The Morgan fingerprint density at radius 1 is 1.19 bits per heavy atom. The number of hydrogen-bond donors (Lipinski definition) is 1. The van der Waals surface area contributed by atoms with Crippen LogP contribution in [0.25, 0.3) is 0 Å². The Kier molecular flexibility index (Phi) is 7.27. The molecule has 0 aliphatic rings. The molecule has 0 bridgehead atoms. The summed E-state index contributed by atoms with van der Waals surface area (Å²) in [6.07, 6.45) is 7.53. The molecular formula is C16H31N6O2Si2. The normalized spacial score (nSPS) is 12.9. The number of aryl methyl sites for hydroxylation is 2. The van der Waals surface area contributed by atoms with E-state index in [1.807, 2.05) is 21.8 Å². The van der Waals surface area contributed by atoms with Gasteiger partial charge in [0.25, 0.3) is 0 Å². The number of aliphatic hydroxyl groups is 1. The highest BCUT2D eigenvalue weighted by atomic mass is 28.4. The molecule has 0 saturated carbocycles. The van der Waals surface area contributed by atoms with Gasteiger partial charge in [0.1, 0.15) is 11.3 Å². The van der Waals surface area contributed by atoms with Crippen molar-refractivity contribution in [3.63, 3.8) is 0 Å². The lowest BCUT2D eigenvalue weighted by Gasteiger charge is -2.27. The summed E-state index contributed by atoms with van der Waals surface area (Å²) < 4.78 is 10.2. The Morgan fingerprint density at radius 3 is 2.54 bits per heavy atom. The van der Waals surface area contributed by atoms with E-state index in [0.29, 0.717) is 5.69 Å². The summed E-state index contributed by atoms with van der Waals surface area (Å²) in [6.45, 7) is 12.0. The monoisotopic (exact) mass is 395 g/mol. The molecule has 0 amide bonds. The van der Waals surface area contributed by atoms with Crippen molar-refractivity contribution in [3.8, 4) is 0 Å². The van der Waals surface area contributed by atoms with Gasteiger partial charge < -0.3 is 9.22 Å². The van der Waals surface area contributed by atoms with Crippen LogP contribution in [0.1, 0.15) is 32.4 Å². The van der Waals surface area contributed by atoms with Crippen LogP contribution in [0.4, 0.5) is 0 Å². The zero-order valence-corrected chi connectivity index (χ0v) is 18.5. The fourth-order valence-corrected chi connectivity index (χ4v) is 9.03. The molecule has 0 unspecified atom stereocenters. The Labute approximate surface area is 158 Å². The number of hydrogen-bond acceptors (Lipinski definition) is 6. The van der Waals surface area contributed by atoms with Crippen molar-refractivity contribution in [3.05, 3.63) is 24.3 Å². The van der Waals surface area contributed by atoms with Crippen molar-refractivity contribution in [2.45, 2.75) is 77.1 Å². The van der Waals surface area contributed by atoms with Crippen molar-refractivity contribution in [1.82, 2.24) is 30.0 Å². The fourth-order valence-electron chi connectivity index (χ4n) is 2.77. The molecule has 0 saturated heterocycles. The predicted octanol–water partition coefficient (Wildman–Crippen LogP) is 2.42. The molecule has 1 N–H and O–H groups in total. The molecule has 1 radical (unpaired) electrons. The molecule has 0 atom stereocenters. The molecule has 8 nitrogen and oxygen atoms in total. The standard InChI is InChI=1S/C16H31N6O2Si2/c1-16(2,23)15-14-22(20-18-15)10-7-13-26(4,5)24-25(3)12-6-9-21-11-8-17-19-21/h8,11,14,23H,6-7,9-10,12-13H2,1-5H3. The van der Waals surface area contributed by atoms with Crippen LogP contribution in [0.2, 0.25) is 31.7 Å². The largest absolute Gasteiger partial charge is 0.456 e. The zero-order chi connectivity index (χ0) is 19.2. The molecule has 0 aromatic carbocycles. The Hall–Kier alpha value is -1.37. The molecule has 26 heavy (non-hydrogen) atoms. The van der Waals surface area contributed by atoms with Crippen molar-refractivity contribution < 1.29 is 9.22 Å². The van der Waals surface area contributed by atoms with Crippen molar-refractivity contribution in [1.29, 1.82) is 0 Å². The molecule has 10 heteroatoms. The summed E-state index contributed by atoms with van der Waals surface area (Å²) >= 11 is 0. The summed E-state index contributed by atoms with van der Waals surface area (Å²) in [6, 6.07) is 2.22. The minimum absolute atomic E-state index is 0.608. The maximum atomic E-state index is 9.95. The average molecular weight is 396 g/mol. The number of rotatable bonds is 11. The highest BCUT2D eigenvalue weighted by Crippen LogP contribution is 2.19. The van der Waals surface area contributed by atoms with Crippen molar-refractivity contribution in [2.24, 2.45) is 0 Å². The molecule has 0 spiro atoms. The first-order chi connectivity index (χ1) is 12.2. The highest BCUT2D eigenvalue weighted by molar-refractivity contribution is 6.78. The highest BCUT2D eigenvalue weighted by Gasteiger charge is 2.25. The molecule has 2 rings (SSSR count). The number of aromatic nitrogens is 6. The molecule has 145 valence electrons. The Bertz CT molecular complexity index is 654. The smallest absolute Gasteiger partial charge is 0.194 e. The zero-order valence-electron chi connectivity index (χ0n) is 16.5. The minimum atomic E-state index is -1.67. The van der Waals surface area contributed by atoms with Gasteiger partial charge in [-0.1, -0.05) is 10.4 Å². The second-order valence-corrected chi connectivity index (χ2v) is 14.6. The summed E-state index contributed by atoms with van der Waals surface area (Å²) in [5.41, 5.74) is -0.335. The van der Waals surface area contributed by atoms with E-state index in [0.717, 1.165) is 38.0 Å². The molecule has 2 aromatic heterocycles. The van der Waals surface area contributed by atoms with E-state index in [1.54, 1.807) is 20.0 Å². The quantitative estimate of drug-likeness (QED) is 0.588. The summed E-state index contributed by atoms with van der Waals surface area (Å²) in [4.78, 5) is 0. The van der Waals surface area contributed by atoms with E-state index < -0.39 is 23.0 Å². The molecular weight excluding hydrogens is 364 g/mol. The van der Waals surface area contributed by atoms with Gasteiger partial charge in [-0.05, 0) is 58.4 Å². The third-order valence-electron chi connectivity index (χ3n) is 4.17. The van der Waals surface area contributed by atoms with Gasteiger partial charge in [-0.15, -0.1) is 10.2 Å². The lowest BCUT2D eigenvalue weighted by Crippen LogP contribution is -2.36. The first-order valence-electron chi connectivity index (χ1n) is 9.14. The van der Waals surface area contributed by atoms with Crippen LogP contribution < -0.4 is 0 Å². The molecule has 0 aliphatic heterocycles. The first-order valence-corrected chi connectivity index (χ1v) is 14.4. The van der Waals surface area contributed by atoms with Gasteiger partial charge in [-0.3, -0.25) is 9.36 Å². The molecule has 0 fully saturated rings. The minimum Gasteiger partial charge on any atom is -0.456 e. The van der Waals surface area contributed by atoms with Crippen LogP contribution in [0.5, 0.6) is 0 Å². The Morgan fingerprint density at radius 2 is 1.92 bits per heavy atom. The van der Waals surface area contributed by atoms with Gasteiger partial charge >= 0.3 is 0 Å². The van der Waals surface area contributed by atoms with Gasteiger partial charge in [-0.2, -0.15) is 0 Å². The van der Waals surface area contributed by atoms with Crippen LogP contribution >= 0.6 is 0 Å². The predicted molar refractivity (Wildman–Crippen MR) is 104 cm³/mol. The first kappa shape index (κ1) is 20.9. The van der Waals surface area contributed by atoms with Gasteiger partial charge in [0, 0.05) is 19.3 Å². The third kappa shape index (κ3) is 7.10. The van der Waals surface area contributed by atoms with Gasteiger partial charge in [0.05, 0.1) is 12.4 Å². The van der Waals surface area contributed by atoms with E-state index >= 15 is 0 Å². The topological polar surface area (TPSA) is 90.9 Å². The maximum Gasteiger partial charge on any atom is 0.194 e. The van der Waals surface area contributed by atoms with Crippen LogP contribution in [0.15, 0.2) is 18.6 Å². The molecule has 2 aromatic rings. The van der Waals surface area contributed by atoms with Crippen LogP contribution in [-0.4, -0.2) is 52.5 Å². The van der Waals surface area contributed by atoms with Gasteiger partial charge in [0.15, 0.2) is 17.4 Å². The summed E-state index contributed by atoms with van der Waals surface area (Å²) in [7, 11) is -2.44. The van der Waals surface area contributed by atoms with Crippen molar-refractivity contribution in [2.75, 3.05) is 0 Å². The van der Waals surface area contributed by atoms with Crippen LogP contribution in [-0.2, 0) is 22.8 Å². The second-order valence-electron chi connectivity index (χ2n) is 7.86. The molecule has 0 aliphatic carbocycles. The van der Waals surface area contributed by atoms with Gasteiger partial charge in [0.2, 0.25) is 0 Å². The summed E-state index contributed by atoms with van der Waals surface area (Å²) in [5.74, 6) is 0. The maximum absolute atomic E-state index is 9.95.